The third kappa shape index (κ3) is 3.71. The van der Waals surface area contributed by atoms with Crippen LogP contribution in [0.25, 0.3) is 0 Å². The summed E-state index contributed by atoms with van der Waals surface area (Å²) in [6, 6.07) is 7.98. The van der Waals surface area contributed by atoms with E-state index in [1.165, 1.54) is 32.1 Å². The van der Waals surface area contributed by atoms with Crippen molar-refractivity contribution in [1.82, 2.24) is 5.32 Å². The molecule has 1 aliphatic carbocycles. The molecular weight excluding hydrogens is 246 g/mol. The largest absolute Gasteiger partial charge is 0.369 e. The van der Waals surface area contributed by atoms with Gasteiger partial charge in [-0.2, -0.15) is 0 Å². The van der Waals surface area contributed by atoms with E-state index in [-0.39, 0.29) is 6.10 Å². The smallest absolute Gasteiger partial charge is 0.0967 e. The van der Waals surface area contributed by atoms with Gasteiger partial charge in [0.05, 0.1) is 12.2 Å². The summed E-state index contributed by atoms with van der Waals surface area (Å²) in [5.74, 6) is 0. The summed E-state index contributed by atoms with van der Waals surface area (Å²) >= 11 is 6.26. The van der Waals surface area contributed by atoms with Gasteiger partial charge in [0.15, 0.2) is 0 Å². The van der Waals surface area contributed by atoms with Crippen molar-refractivity contribution < 1.29 is 4.74 Å². The Morgan fingerprint density at radius 2 is 2.00 bits per heavy atom. The van der Waals surface area contributed by atoms with Crippen LogP contribution >= 0.6 is 11.6 Å². The number of rotatable bonds is 5. The van der Waals surface area contributed by atoms with Crippen molar-refractivity contribution in [2.24, 2.45) is 0 Å². The summed E-state index contributed by atoms with van der Waals surface area (Å²) in [6.45, 7) is 0.806. The Kier molecular flexibility index (Phi) is 5.48. The molecule has 2 rings (SSSR count). The van der Waals surface area contributed by atoms with Gasteiger partial charge in [-0.3, -0.25) is 0 Å². The number of halogens is 1. The number of likely N-dealkylation sites (N-methyl/N-ethyl adjacent to an activating group) is 1. The highest BCUT2D eigenvalue weighted by Gasteiger charge is 2.21. The molecule has 0 saturated heterocycles. The first kappa shape index (κ1) is 13.9. The molecule has 3 heteroatoms. The van der Waals surface area contributed by atoms with Gasteiger partial charge in [-0.1, -0.05) is 49.1 Å². The lowest BCUT2D eigenvalue weighted by molar-refractivity contribution is -0.0298. The lowest BCUT2D eigenvalue weighted by atomic mass is 9.97. The molecule has 2 nitrogen and oxygen atoms in total. The molecule has 0 amide bonds. The van der Waals surface area contributed by atoms with Gasteiger partial charge in [0.25, 0.3) is 0 Å². The Morgan fingerprint density at radius 1 is 1.28 bits per heavy atom. The van der Waals surface area contributed by atoms with Crippen molar-refractivity contribution in [1.29, 1.82) is 0 Å². The third-order valence-corrected chi connectivity index (χ3v) is 3.89. The van der Waals surface area contributed by atoms with Crippen LogP contribution in [0.3, 0.4) is 0 Å². The van der Waals surface area contributed by atoms with Gasteiger partial charge in [-0.25, -0.2) is 0 Å². The number of nitrogens with one attached hydrogen (secondary N) is 1. The van der Waals surface area contributed by atoms with Crippen molar-refractivity contribution in [2.75, 3.05) is 13.6 Å². The van der Waals surface area contributed by atoms with Crippen LogP contribution in [0.15, 0.2) is 24.3 Å². The molecule has 0 aliphatic heterocycles. The predicted octanol–water partition coefficient (Wildman–Crippen LogP) is 3.95. The molecule has 1 fully saturated rings. The van der Waals surface area contributed by atoms with Crippen LogP contribution in [0.5, 0.6) is 0 Å². The quantitative estimate of drug-likeness (QED) is 0.872. The van der Waals surface area contributed by atoms with Gasteiger partial charge >= 0.3 is 0 Å². The van der Waals surface area contributed by atoms with Crippen LogP contribution in [-0.4, -0.2) is 19.7 Å². The van der Waals surface area contributed by atoms with Crippen molar-refractivity contribution in [3.8, 4) is 0 Å². The Bertz CT molecular complexity index is 363. The van der Waals surface area contributed by atoms with E-state index >= 15 is 0 Å². The molecule has 1 atom stereocenters. The second kappa shape index (κ2) is 7.13. The summed E-state index contributed by atoms with van der Waals surface area (Å²) in [4.78, 5) is 0. The maximum absolute atomic E-state index is 6.26. The van der Waals surface area contributed by atoms with Crippen LogP contribution in [0, 0.1) is 0 Å². The predicted molar refractivity (Wildman–Crippen MR) is 76.1 cm³/mol. The SMILES string of the molecule is CNCC(OC1CCCCC1)c1ccccc1Cl. The average Bonchev–Trinajstić information content (AvgIpc) is 2.40. The molecule has 0 radical (unpaired) electrons. The zero-order chi connectivity index (χ0) is 12.8. The fourth-order valence-electron chi connectivity index (χ4n) is 2.59. The zero-order valence-corrected chi connectivity index (χ0v) is 11.7. The number of hydrogen-bond donors (Lipinski definition) is 1. The van der Waals surface area contributed by atoms with Gasteiger partial charge in [0, 0.05) is 17.1 Å². The fourth-order valence-corrected chi connectivity index (χ4v) is 2.84. The minimum atomic E-state index is 0.0619. The van der Waals surface area contributed by atoms with E-state index in [0.29, 0.717) is 6.10 Å². The van der Waals surface area contributed by atoms with Crippen molar-refractivity contribution in [3.05, 3.63) is 34.9 Å². The lowest BCUT2D eigenvalue weighted by Gasteiger charge is -2.28. The molecule has 0 heterocycles. The maximum Gasteiger partial charge on any atom is 0.0967 e. The van der Waals surface area contributed by atoms with Crippen molar-refractivity contribution in [2.45, 2.75) is 44.3 Å². The minimum absolute atomic E-state index is 0.0619. The van der Waals surface area contributed by atoms with E-state index in [0.717, 1.165) is 17.1 Å². The van der Waals surface area contributed by atoms with E-state index in [1.807, 2.05) is 25.2 Å². The summed E-state index contributed by atoms with van der Waals surface area (Å²) < 4.78 is 6.25. The van der Waals surface area contributed by atoms with Gasteiger partial charge in [-0.05, 0) is 26.0 Å². The summed E-state index contributed by atoms with van der Waals surface area (Å²) in [7, 11) is 1.95. The molecule has 1 unspecified atom stereocenters. The van der Waals surface area contributed by atoms with Gasteiger partial charge in [0.1, 0.15) is 0 Å². The Morgan fingerprint density at radius 3 is 2.67 bits per heavy atom. The maximum atomic E-state index is 6.26. The van der Waals surface area contributed by atoms with Crippen LogP contribution in [0.1, 0.15) is 43.8 Å². The molecule has 1 aliphatic rings. The first-order valence-electron chi connectivity index (χ1n) is 6.85. The molecule has 0 spiro atoms. The standard InChI is InChI=1S/C15H22ClNO/c1-17-11-15(13-9-5-6-10-14(13)16)18-12-7-3-2-4-8-12/h5-6,9-10,12,15,17H,2-4,7-8,11H2,1H3. The fraction of sp³-hybridized carbons (Fsp3) is 0.600. The van der Waals surface area contributed by atoms with Gasteiger partial charge < -0.3 is 10.1 Å². The highest BCUT2D eigenvalue weighted by molar-refractivity contribution is 6.31. The van der Waals surface area contributed by atoms with E-state index in [9.17, 15) is 0 Å². The van der Waals surface area contributed by atoms with Gasteiger partial charge in [-0.15, -0.1) is 0 Å². The van der Waals surface area contributed by atoms with E-state index in [2.05, 4.69) is 11.4 Å². The summed E-state index contributed by atoms with van der Waals surface area (Å²) in [5, 5.41) is 4.00. The number of hydrogen-bond acceptors (Lipinski definition) is 2. The van der Waals surface area contributed by atoms with Crippen LogP contribution < -0.4 is 5.32 Å². The molecule has 18 heavy (non-hydrogen) atoms. The summed E-state index contributed by atoms with van der Waals surface area (Å²) in [5.41, 5.74) is 1.10. The number of benzene rings is 1. The van der Waals surface area contributed by atoms with Crippen molar-refractivity contribution in [3.63, 3.8) is 0 Å². The molecule has 100 valence electrons. The minimum Gasteiger partial charge on any atom is -0.369 e. The first-order chi connectivity index (χ1) is 8.81. The lowest BCUT2D eigenvalue weighted by Crippen LogP contribution is -2.26. The molecule has 0 aromatic heterocycles. The van der Waals surface area contributed by atoms with Crippen LogP contribution in [-0.2, 0) is 4.74 Å². The molecule has 0 bridgehead atoms. The van der Waals surface area contributed by atoms with E-state index in [4.69, 9.17) is 16.3 Å². The van der Waals surface area contributed by atoms with Crippen LogP contribution in [0.2, 0.25) is 5.02 Å². The average molecular weight is 268 g/mol. The number of ether oxygens (including phenoxy) is 1. The summed E-state index contributed by atoms with van der Waals surface area (Å²) in [6.07, 6.45) is 6.76. The highest BCUT2D eigenvalue weighted by atomic mass is 35.5. The monoisotopic (exact) mass is 267 g/mol. The highest BCUT2D eigenvalue weighted by Crippen LogP contribution is 2.30. The van der Waals surface area contributed by atoms with Crippen LogP contribution in [0.4, 0.5) is 0 Å². The molecule has 1 aromatic rings. The normalized spacial score (nSPS) is 18.8. The Hall–Kier alpha value is -0.570. The first-order valence-corrected chi connectivity index (χ1v) is 7.23. The second-order valence-corrected chi connectivity index (χ2v) is 5.37. The Balaban J connectivity index is 2.05. The van der Waals surface area contributed by atoms with Gasteiger partial charge in [0.2, 0.25) is 0 Å². The zero-order valence-electron chi connectivity index (χ0n) is 11.0. The second-order valence-electron chi connectivity index (χ2n) is 4.96. The Labute approximate surface area is 115 Å². The van der Waals surface area contributed by atoms with Crippen molar-refractivity contribution >= 4 is 11.6 Å². The third-order valence-electron chi connectivity index (χ3n) is 3.55. The molecule has 1 saturated carbocycles. The van der Waals surface area contributed by atoms with E-state index < -0.39 is 0 Å². The van der Waals surface area contributed by atoms with E-state index in [1.54, 1.807) is 0 Å². The molecular formula is C15H22ClNO. The topological polar surface area (TPSA) is 21.3 Å². The molecule has 1 aromatic carbocycles. The molecule has 1 N–H and O–H groups in total.